The first-order valence-electron chi connectivity index (χ1n) is 10.8. The number of carbonyl (C=O) groups excluding carboxylic acids is 1. The van der Waals surface area contributed by atoms with E-state index >= 15 is 0 Å². The number of rotatable bonds is 19. The molecule has 0 aliphatic rings. The molecule has 0 fully saturated rings. The summed E-state index contributed by atoms with van der Waals surface area (Å²) < 4.78 is 14.8. The highest BCUT2D eigenvalue weighted by atomic mass is 79.9. The van der Waals surface area contributed by atoms with E-state index < -0.39 is 18.3 Å². The summed E-state index contributed by atoms with van der Waals surface area (Å²) in [7, 11) is -4.29. The number of ether oxygens (including phenoxy) is 1. The van der Waals surface area contributed by atoms with Crippen LogP contribution in [0.25, 0.3) is 0 Å². The van der Waals surface area contributed by atoms with Crippen LogP contribution in [0.15, 0.2) is 0 Å². The number of aliphatic hydroxyl groups excluding tert-OH is 1. The van der Waals surface area contributed by atoms with E-state index in [1.54, 1.807) is 0 Å². The lowest BCUT2D eigenvalue weighted by molar-refractivity contribution is -0.146. The zero-order valence-corrected chi connectivity index (χ0v) is 19.8. The predicted octanol–water partition coefficient (Wildman–Crippen LogP) is 5.66. The third-order valence-electron chi connectivity index (χ3n) is 4.75. The van der Waals surface area contributed by atoms with Crippen molar-refractivity contribution >= 4 is 29.5 Å². The SMILES string of the molecule is CCCCCCCCCCCCCCCC(=O)OC[C@@H](O)C[C@@H](Br)P(=O)(O)O. The molecule has 3 N–H and O–H groups in total. The Morgan fingerprint density at radius 2 is 1.32 bits per heavy atom. The smallest absolute Gasteiger partial charge is 0.339 e. The summed E-state index contributed by atoms with van der Waals surface area (Å²) in [6.07, 6.45) is 15.2. The van der Waals surface area contributed by atoms with Crippen LogP contribution >= 0.6 is 23.5 Å². The molecule has 6 nitrogen and oxygen atoms in total. The van der Waals surface area contributed by atoms with Crippen LogP contribution < -0.4 is 0 Å². The van der Waals surface area contributed by atoms with Gasteiger partial charge in [-0.25, -0.2) is 0 Å². The number of unbranched alkanes of at least 4 members (excludes halogenated alkanes) is 12. The van der Waals surface area contributed by atoms with Gasteiger partial charge in [-0.1, -0.05) is 99.9 Å². The molecule has 0 unspecified atom stereocenters. The molecule has 0 aliphatic heterocycles. The Bertz CT molecular complexity index is 429. The molecular formula is C20H40BrO6P. The first-order chi connectivity index (χ1) is 13.3. The molecule has 0 aliphatic carbocycles. The zero-order valence-electron chi connectivity index (χ0n) is 17.4. The molecule has 0 heterocycles. The van der Waals surface area contributed by atoms with Crippen molar-refractivity contribution in [2.45, 2.75) is 114 Å². The van der Waals surface area contributed by atoms with Crippen LogP contribution in [0.2, 0.25) is 0 Å². The van der Waals surface area contributed by atoms with Gasteiger partial charge in [0, 0.05) is 12.8 Å². The molecule has 0 aromatic carbocycles. The van der Waals surface area contributed by atoms with E-state index in [0.29, 0.717) is 6.42 Å². The number of hydrogen-bond donors (Lipinski definition) is 3. The maximum absolute atomic E-state index is 11.6. The summed E-state index contributed by atoms with van der Waals surface area (Å²) in [5.74, 6) is -0.371. The van der Waals surface area contributed by atoms with Crippen LogP contribution in [-0.4, -0.2) is 38.1 Å². The third kappa shape index (κ3) is 18.1. The number of esters is 1. The van der Waals surface area contributed by atoms with Crippen molar-refractivity contribution in [3.05, 3.63) is 0 Å². The van der Waals surface area contributed by atoms with Crippen molar-refractivity contribution in [1.82, 2.24) is 0 Å². The van der Waals surface area contributed by atoms with Gasteiger partial charge in [0.05, 0.1) is 6.10 Å². The minimum absolute atomic E-state index is 0.170. The fourth-order valence-electron chi connectivity index (χ4n) is 2.98. The van der Waals surface area contributed by atoms with Crippen molar-refractivity contribution in [2.24, 2.45) is 0 Å². The molecule has 168 valence electrons. The van der Waals surface area contributed by atoms with Gasteiger partial charge in [-0.2, -0.15) is 0 Å². The topological polar surface area (TPSA) is 104 Å². The van der Waals surface area contributed by atoms with Crippen molar-refractivity contribution in [2.75, 3.05) is 6.61 Å². The van der Waals surface area contributed by atoms with E-state index in [4.69, 9.17) is 14.5 Å². The molecule has 2 atom stereocenters. The zero-order chi connectivity index (χ0) is 21.3. The van der Waals surface area contributed by atoms with E-state index in [2.05, 4.69) is 22.9 Å². The van der Waals surface area contributed by atoms with Gasteiger partial charge < -0.3 is 19.6 Å². The largest absolute Gasteiger partial charge is 0.463 e. The highest BCUT2D eigenvalue weighted by Gasteiger charge is 2.28. The lowest BCUT2D eigenvalue weighted by Gasteiger charge is -2.16. The van der Waals surface area contributed by atoms with Crippen LogP contribution in [0.5, 0.6) is 0 Å². The minimum Gasteiger partial charge on any atom is -0.463 e. The highest BCUT2D eigenvalue weighted by Crippen LogP contribution is 2.46. The quantitative estimate of drug-likeness (QED) is 0.0940. The molecule has 0 aromatic rings. The van der Waals surface area contributed by atoms with E-state index in [0.717, 1.165) is 19.3 Å². The van der Waals surface area contributed by atoms with Gasteiger partial charge in [0.15, 0.2) is 0 Å². The Kier molecular flexibility index (Phi) is 17.9. The van der Waals surface area contributed by atoms with E-state index in [9.17, 15) is 14.5 Å². The Balaban J connectivity index is 3.43. The summed E-state index contributed by atoms with van der Waals surface area (Å²) >= 11 is 2.84. The molecule has 0 rings (SSSR count). The van der Waals surface area contributed by atoms with Gasteiger partial charge in [-0.15, -0.1) is 0 Å². The molecule has 28 heavy (non-hydrogen) atoms. The van der Waals surface area contributed by atoms with Crippen molar-refractivity contribution in [3.63, 3.8) is 0 Å². The second kappa shape index (κ2) is 17.9. The molecule has 0 saturated heterocycles. The molecule has 0 radical (unpaired) electrons. The molecule has 8 heteroatoms. The fourth-order valence-corrected chi connectivity index (χ4v) is 3.93. The summed E-state index contributed by atoms with van der Waals surface area (Å²) in [6, 6.07) is 0. The lowest BCUT2D eigenvalue weighted by Crippen LogP contribution is -2.22. The second-order valence-corrected chi connectivity index (χ2v) is 11.2. The molecule has 0 saturated carbocycles. The summed E-state index contributed by atoms with van der Waals surface area (Å²) in [5, 5.41) is 9.67. The Labute approximate surface area is 179 Å². The van der Waals surface area contributed by atoms with Crippen LogP contribution in [0.4, 0.5) is 0 Å². The Morgan fingerprint density at radius 1 is 0.893 bits per heavy atom. The first-order valence-corrected chi connectivity index (χ1v) is 13.4. The number of carbonyl (C=O) groups is 1. The predicted molar refractivity (Wildman–Crippen MR) is 117 cm³/mol. The summed E-state index contributed by atoms with van der Waals surface area (Å²) in [5.41, 5.74) is 0. The monoisotopic (exact) mass is 486 g/mol. The number of hydrogen-bond acceptors (Lipinski definition) is 4. The average molecular weight is 487 g/mol. The van der Waals surface area contributed by atoms with Crippen LogP contribution in [0.3, 0.4) is 0 Å². The van der Waals surface area contributed by atoms with Crippen molar-refractivity contribution in [3.8, 4) is 0 Å². The van der Waals surface area contributed by atoms with Gasteiger partial charge >= 0.3 is 13.6 Å². The van der Waals surface area contributed by atoms with Gasteiger partial charge in [0.2, 0.25) is 0 Å². The van der Waals surface area contributed by atoms with E-state index in [1.807, 2.05) is 0 Å². The summed E-state index contributed by atoms with van der Waals surface area (Å²) in [4.78, 5) is 29.5. The maximum atomic E-state index is 11.6. The number of halogens is 1. The van der Waals surface area contributed by atoms with Gasteiger partial charge in [-0.3, -0.25) is 9.36 Å². The normalized spacial score (nSPS) is 14.0. The van der Waals surface area contributed by atoms with E-state index in [1.165, 1.54) is 64.2 Å². The Hall–Kier alpha value is 0.0600. The Morgan fingerprint density at radius 3 is 1.75 bits per heavy atom. The standard InChI is InChI=1S/C20H40BrO6P/c1-2-3-4-5-6-7-8-9-10-11-12-13-14-15-20(23)27-17-18(22)16-19(21)28(24,25)26/h18-19,22H,2-17H2,1H3,(H2,24,25,26)/t18-,19-/m0/s1. The first kappa shape index (κ1) is 28.1. The molecular weight excluding hydrogens is 447 g/mol. The lowest BCUT2D eigenvalue weighted by atomic mass is 10.0. The molecule has 0 bridgehead atoms. The second-order valence-electron chi connectivity index (χ2n) is 7.59. The summed E-state index contributed by atoms with van der Waals surface area (Å²) in [6.45, 7) is 2.00. The average Bonchev–Trinajstić information content (AvgIpc) is 2.63. The van der Waals surface area contributed by atoms with Crippen molar-refractivity contribution < 1.29 is 29.0 Å². The number of alkyl halides is 1. The molecule has 0 aromatic heterocycles. The van der Waals surface area contributed by atoms with Crippen LogP contribution in [0.1, 0.15) is 103 Å². The van der Waals surface area contributed by atoms with Crippen molar-refractivity contribution in [1.29, 1.82) is 0 Å². The fraction of sp³-hybridized carbons (Fsp3) is 0.950. The third-order valence-corrected chi connectivity index (χ3v) is 7.67. The van der Waals surface area contributed by atoms with Gasteiger partial charge in [0.25, 0.3) is 0 Å². The van der Waals surface area contributed by atoms with E-state index in [-0.39, 0.29) is 19.0 Å². The van der Waals surface area contributed by atoms with Crippen LogP contribution in [-0.2, 0) is 14.1 Å². The van der Waals surface area contributed by atoms with Crippen LogP contribution in [0, 0.1) is 0 Å². The van der Waals surface area contributed by atoms with Gasteiger partial charge in [-0.05, 0) is 6.42 Å². The highest BCUT2D eigenvalue weighted by molar-refractivity contribution is 9.10. The molecule has 0 amide bonds. The van der Waals surface area contributed by atoms with Gasteiger partial charge in [0.1, 0.15) is 11.2 Å². The maximum Gasteiger partial charge on any atom is 0.339 e. The molecule has 0 spiro atoms. The minimum atomic E-state index is -4.29. The number of aliphatic hydroxyl groups is 1.